The van der Waals surface area contributed by atoms with Crippen LogP contribution in [0.5, 0.6) is 5.75 Å². The molecular formula is C21H25BrO6. The third kappa shape index (κ3) is 4.56. The summed E-state index contributed by atoms with van der Waals surface area (Å²) >= 11 is 3.56. The number of rotatable bonds is 6. The van der Waals surface area contributed by atoms with Crippen LogP contribution in [0.15, 0.2) is 46.9 Å². The van der Waals surface area contributed by atoms with Gasteiger partial charge in [0.05, 0.1) is 13.2 Å². The van der Waals surface area contributed by atoms with Gasteiger partial charge in [0, 0.05) is 4.47 Å². The summed E-state index contributed by atoms with van der Waals surface area (Å²) in [7, 11) is 0. The van der Waals surface area contributed by atoms with Crippen LogP contribution in [0.25, 0.3) is 0 Å². The highest BCUT2D eigenvalue weighted by molar-refractivity contribution is 9.10. The molecule has 0 saturated carbocycles. The van der Waals surface area contributed by atoms with Gasteiger partial charge in [0.1, 0.15) is 36.3 Å². The second-order valence-electron chi connectivity index (χ2n) is 6.85. The first-order valence-electron chi connectivity index (χ1n) is 9.25. The Kier molecular flexibility index (Phi) is 7.09. The van der Waals surface area contributed by atoms with Gasteiger partial charge in [-0.05, 0) is 48.2 Å². The summed E-state index contributed by atoms with van der Waals surface area (Å²) in [5.74, 6) is 0.820. The Labute approximate surface area is 172 Å². The Morgan fingerprint density at radius 3 is 2.36 bits per heavy atom. The molecular weight excluding hydrogens is 428 g/mol. The zero-order valence-electron chi connectivity index (χ0n) is 15.5. The van der Waals surface area contributed by atoms with Gasteiger partial charge < -0.3 is 29.9 Å². The van der Waals surface area contributed by atoms with Crippen molar-refractivity contribution in [3.8, 4) is 5.75 Å². The lowest BCUT2D eigenvalue weighted by atomic mass is 9.90. The predicted molar refractivity (Wildman–Crippen MR) is 107 cm³/mol. The fourth-order valence-corrected chi connectivity index (χ4v) is 3.76. The average molecular weight is 453 g/mol. The molecule has 0 spiro atoms. The normalized spacial score (nSPS) is 27.6. The summed E-state index contributed by atoms with van der Waals surface area (Å²) in [6, 6.07) is 13.4. The first-order valence-corrected chi connectivity index (χ1v) is 10.0. The van der Waals surface area contributed by atoms with E-state index in [1.54, 1.807) is 6.07 Å². The second-order valence-corrected chi connectivity index (χ2v) is 7.71. The van der Waals surface area contributed by atoms with E-state index in [1.807, 2.05) is 43.3 Å². The van der Waals surface area contributed by atoms with E-state index in [1.165, 1.54) is 0 Å². The van der Waals surface area contributed by atoms with Gasteiger partial charge in [-0.3, -0.25) is 0 Å². The molecule has 0 bridgehead atoms. The highest BCUT2D eigenvalue weighted by Crippen LogP contribution is 2.34. The van der Waals surface area contributed by atoms with Crippen LogP contribution in [0.4, 0.5) is 0 Å². The topological polar surface area (TPSA) is 99.4 Å². The molecule has 4 N–H and O–H groups in total. The van der Waals surface area contributed by atoms with Crippen LogP contribution in [0.1, 0.15) is 29.7 Å². The molecule has 1 heterocycles. The van der Waals surface area contributed by atoms with Gasteiger partial charge in [0.2, 0.25) is 0 Å². The SMILES string of the molecule is CCOc1ccc(Cc2cc([C@@H]3O[C@H](CO)[C@@H](O)[C@@H](O)[C@H]3O)ccc2Br)cc1. The minimum Gasteiger partial charge on any atom is -0.494 e. The van der Waals surface area contributed by atoms with Gasteiger partial charge in [0.15, 0.2) is 0 Å². The van der Waals surface area contributed by atoms with Crippen molar-refractivity contribution in [1.29, 1.82) is 0 Å². The van der Waals surface area contributed by atoms with Gasteiger partial charge in [-0.25, -0.2) is 0 Å². The molecule has 152 valence electrons. The maximum Gasteiger partial charge on any atom is 0.119 e. The molecule has 6 nitrogen and oxygen atoms in total. The van der Waals surface area contributed by atoms with Crippen molar-refractivity contribution in [3.63, 3.8) is 0 Å². The third-order valence-corrected chi connectivity index (χ3v) is 5.69. The molecule has 0 radical (unpaired) electrons. The zero-order valence-corrected chi connectivity index (χ0v) is 17.1. The van der Waals surface area contributed by atoms with Gasteiger partial charge in [-0.1, -0.05) is 40.2 Å². The molecule has 5 atom stereocenters. The van der Waals surface area contributed by atoms with Gasteiger partial charge in [-0.2, -0.15) is 0 Å². The maximum atomic E-state index is 10.4. The van der Waals surface area contributed by atoms with Crippen molar-refractivity contribution >= 4 is 15.9 Å². The molecule has 28 heavy (non-hydrogen) atoms. The molecule has 3 rings (SSSR count). The Bertz CT molecular complexity index is 779. The van der Waals surface area contributed by atoms with Crippen molar-refractivity contribution in [2.75, 3.05) is 13.2 Å². The minimum absolute atomic E-state index is 0.447. The fourth-order valence-electron chi connectivity index (χ4n) is 3.37. The third-order valence-electron chi connectivity index (χ3n) is 4.92. The Balaban J connectivity index is 1.82. The summed E-state index contributed by atoms with van der Waals surface area (Å²) in [5, 5.41) is 39.8. The van der Waals surface area contributed by atoms with Crippen molar-refractivity contribution in [1.82, 2.24) is 0 Å². The predicted octanol–water partition coefficient (Wildman–Crippen LogP) is 1.95. The lowest BCUT2D eigenvalue weighted by Gasteiger charge is -2.40. The molecule has 1 aliphatic rings. The van der Waals surface area contributed by atoms with Crippen LogP contribution in [0.3, 0.4) is 0 Å². The van der Waals surface area contributed by atoms with Crippen molar-refractivity contribution < 1.29 is 29.9 Å². The maximum absolute atomic E-state index is 10.4. The summed E-state index contributed by atoms with van der Waals surface area (Å²) in [6.07, 6.45) is -5.18. The summed E-state index contributed by atoms with van der Waals surface area (Å²) < 4.78 is 12.0. The Morgan fingerprint density at radius 2 is 1.71 bits per heavy atom. The number of benzene rings is 2. The number of hydrogen-bond acceptors (Lipinski definition) is 6. The van der Waals surface area contributed by atoms with Crippen LogP contribution in [-0.4, -0.2) is 58.1 Å². The smallest absolute Gasteiger partial charge is 0.119 e. The highest BCUT2D eigenvalue weighted by Gasteiger charge is 2.43. The van der Waals surface area contributed by atoms with E-state index in [9.17, 15) is 20.4 Å². The van der Waals surface area contributed by atoms with E-state index >= 15 is 0 Å². The first-order chi connectivity index (χ1) is 13.4. The number of aliphatic hydroxyl groups excluding tert-OH is 4. The number of hydrogen-bond donors (Lipinski definition) is 4. The standard InChI is InChI=1S/C21H25BrO6/c1-2-27-15-6-3-12(4-7-15)9-14-10-13(5-8-16(14)22)21-20(26)19(25)18(24)17(11-23)28-21/h3-8,10,17-21,23-26H,2,9,11H2,1H3/t17-,18-,19-,20-,21+/m1/s1. The van der Waals surface area contributed by atoms with Crippen LogP contribution in [-0.2, 0) is 11.2 Å². The van der Waals surface area contributed by atoms with E-state index < -0.39 is 37.1 Å². The number of halogens is 1. The molecule has 2 aromatic rings. The zero-order chi connectivity index (χ0) is 20.3. The van der Waals surface area contributed by atoms with Crippen molar-refractivity contribution in [3.05, 3.63) is 63.6 Å². The summed E-state index contributed by atoms with van der Waals surface area (Å²) in [5.41, 5.74) is 2.75. The Hall–Kier alpha value is -1.48. The van der Waals surface area contributed by atoms with Gasteiger partial charge in [0.25, 0.3) is 0 Å². The lowest BCUT2D eigenvalue weighted by molar-refractivity contribution is -0.231. The summed E-state index contributed by atoms with van der Waals surface area (Å²) in [4.78, 5) is 0. The van der Waals surface area contributed by atoms with Crippen LogP contribution in [0, 0.1) is 0 Å². The minimum atomic E-state index is -1.39. The monoisotopic (exact) mass is 452 g/mol. The molecule has 1 saturated heterocycles. The molecule has 0 unspecified atom stereocenters. The highest BCUT2D eigenvalue weighted by atomic mass is 79.9. The van der Waals surface area contributed by atoms with E-state index in [2.05, 4.69) is 15.9 Å². The molecule has 0 amide bonds. The Morgan fingerprint density at radius 1 is 1.00 bits per heavy atom. The van der Waals surface area contributed by atoms with Crippen LogP contribution in [0.2, 0.25) is 0 Å². The van der Waals surface area contributed by atoms with E-state index in [0.29, 0.717) is 18.6 Å². The second kappa shape index (κ2) is 9.35. The number of ether oxygens (including phenoxy) is 2. The van der Waals surface area contributed by atoms with Crippen LogP contribution >= 0.6 is 15.9 Å². The lowest BCUT2D eigenvalue weighted by Crippen LogP contribution is -2.55. The van der Waals surface area contributed by atoms with E-state index in [-0.39, 0.29) is 0 Å². The number of aliphatic hydroxyl groups is 4. The van der Waals surface area contributed by atoms with E-state index in [4.69, 9.17) is 9.47 Å². The van der Waals surface area contributed by atoms with Gasteiger partial charge >= 0.3 is 0 Å². The van der Waals surface area contributed by atoms with Crippen molar-refractivity contribution in [2.45, 2.75) is 43.9 Å². The van der Waals surface area contributed by atoms with Crippen LogP contribution < -0.4 is 4.74 Å². The summed E-state index contributed by atoms with van der Waals surface area (Å²) in [6.45, 7) is 2.11. The molecule has 1 aliphatic heterocycles. The van der Waals surface area contributed by atoms with Gasteiger partial charge in [-0.15, -0.1) is 0 Å². The molecule has 7 heteroatoms. The first kappa shape index (κ1) is 21.2. The molecule has 0 aliphatic carbocycles. The van der Waals surface area contributed by atoms with Crippen molar-refractivity contribution in [2.24, 2.45) is 0 Å². The largest absolute Gasteiger partial charge is 0.494 e. The average Bonchev–Trinajstić information content (AvgIpc) is 2.70. The quantitative estimate of drug-likeness (QED) is 0.534. The molecule has 0 aromatic heterocycles. The fraction of sp³-hybridized carbons (Fsp3) is 0.429. The van der Waals surface area contributed by atoms with E-state index in [0.717, 1.165) is 21.3 Å². The molecule has 1 fully saturated rings. The molecule has 2 aromatic carbocycles.